The summed E-state index contributed by atoms with van der Waals surface area (Å²) >= 11 is 7.88. The number of hydrogen-bond donors (Lipinski definition) is 4. The molecule has 3 atom stereocenters. The topological polar surface area (TPSA) is 159 Å². The molecule has 4 N–H and O–H groups in total. The number of carbonyl (C=O) groups is 2. The van der Waals surface area contributed by atoms with E-state index < -0.39 is 28.6 Å². The van der Waals surface area contributed by atoms with Crippen molar-refractivity contribution in [3.05, 3.63) is 133 Å². The van der Waals surface area contributed by atoms with Gasteiger partial charge in [-0.2, -0.15) is 0 Å². The largest absolute Gasteiger partial charge is 0.494 e. The second-order valence-corrected chi connectivity index (χ2v) is 14.3. The van der Waals surface area contributed by atoms with Crippen molar-refractivity contribution in [1.82, 2.24) is 4.98 Å². The van der Waals surface area contributed by atoms with E-state index in [0.29, 0.717) is 45.4 Å². The molecule has 0 saturated carbocycles. The zero-order chi connectivity index (χ0) is 36.1. The second kappa shape index (κ2) is 16.0. The van der Waals surface area contributed by atoms with Crippen molar-refractivity contribution in [1.29, 1.82) is 0 Å². The first kappa shape index (κ1) is 36.0. The van der Waals surface area contributed by atoms with E-state index in [1.165, 1.54) is 7.11 Å². The van der Waals surface area contributed by atoms with E-state index in [-0.39, 0.29) is 35.4 Å². The van der Waals surface area contributed by atoms with Crippen LogP contribution in [0.5, 0.6) is 23.1 Å². The van der Waals surface area contributed by atoms with Gasteiger partial charge in [-0.25, -0.2) is 4.90 Å². The minimum atomic E-state index is -1.16. The number of para-hydroxylation sites is 1. The Morgan fingerprint density at radius 3 is 2.14 bits per heavy atom. The Morgan fingerprint density at radius 2 is 1.51 bits per heavy atom. The molecular weight excluding hydrogens is 716 g/mol. The van der Waals surface area contributed by atoms with Gasteiger partial charge in [-0.1, -0.05) is 83.2 Å². The number of aliphatic hydroxyl groups is 2. The maximum atomic E-state index is 13.6. The Balaban J connectivity index is 1.06. The van der Waals surface area contributed by atoms with Gasteiger partial charge < -0.3 is 29.5 Å². The minimum Gasteiger partial charge on any atom is -0.494 e. The number of imide groups is 1. The van der Waals surface area contributed by atoms with Crippen molar-refractivity contribution < 1.29 is 39.1 Å². The minimum absolute atomic E-state index is 0.0306. The number of thiazole rings is 1. The molecule has 6 rings (SSSR count). The molecular formula is C37H33ClN2O9S2. The molecule has 3 unspecified atom stereocenters. The van der Waals surface area contributed by atoms with Crippen molar-refractivity contribution in [2.24, 2.45) is 0 Å². The molecule has 1 fully saturated rings. The fraction of sp³-hybridized carbons (Fsp3) is 0.216. The number of methoxy groups -OCH3 is 1. The lowest BCUT2D eigenvalue weighted by Crippen LogP contribution is -2.32. The van der Waals surface area contributed by atoms with Gasteiger partial charge in [-0.3, -0.25) is 19.4 Å². The lowest BCUT2D eigenvalue weighted by atomic mass is 10.1. The van der Waals surface area contributed by atoms with Crippen LogP contribution in [0.4, 0.5) is 10.5 Å². The number of nitrogens with one attached hydrogen (secondary N) is 1. The third-order valence-corrected chi connectivity index (χ3v) is 10.3. The second-order valence-electron chi connectivity index (χ2n) is 11.6. The van der Waals surface area contributed by atoms with Crippen LogP contribution in [0, 0.1) is 0 Å². The summed E-state index contributed by atoms with van der Waals surface area (Å²) in [4.78, 5) is 41.9. The molecule has 4 aromatic carbocycles. The molecule has 264 valence electrons. The normalized spacial score (nSPS) is 15.5. The van der Waals surface area contributed by atoms with Crippen molar-refractivity contribution >= 4 is 51.5 Å². The van der Waals surface area contributed by atoms with Gasteiger partial charge in [0, 0.05) is 17.0 Å². The zero-order valence-corrected chi connectivity index (χ0v) is 29.5. The Morgan fingerprint density at radius 1 is 0.863 bits per heavy atom. The van der Waals surface area contributed by atoms with Gasteiger partial charge in [0.05, 0.1) is 22.9 Å². The first-order valence-corrected chi connectivity index (χ1v) is 17.8. The first-order valence-electron chi connectivity index (χ1n) is 15.8. The predicted octanol–water partition coefficient (Wildman–Crippen LogP) is 6.43. The van der Waals surface area contributed by atoms with Gasteiger partial charge in [0.1, 0.15) is 42.7 Å². The summed E-state index contributed by atoms with van der Waals surface area (Å²) in [6, 6.07) is 25.9. The number of halogens is 1. The Kier molecular flexibility index (Phi) is 11.3. The molecule has 11 nitrogen and oxygen atoms in total. The Bertz CT molecular complexity index is 2070. The molecule has 1 saturated heterocycles. The van der Waals surface area contributed by atoms with Crippen LogP contribution in [0.2, 0.25) is 5.02 Å². The molecule has 14 heteroatoms. The number of H-pyrrole nitrogens is 1. The van der Waals surface area contributed by atoms with Gasteiger partial charge in [0.15, 0.2) is 0 Å². The summed E-state index contributed by atoms with van der Waals surface area (Å²) in [5.41, 5.74) is 2.88. The van der Waals surface area contributed by atoms with Crippen LogP contribution >= 0.6 is 34.7 Å². The highest BCUT2D eigenvalue weighted by atomic mass is 35.5. The first-order chi connectivity index (χ1) is 24.6. The summed E-state index contributed by atoms with van der Waals surface area (Å²) in [6.45, 7) is -0.110. The fourth-order valence-electron chi connectivity index (χ4n) is 5.55. The van der Waals surface area contributed by atoms with Crippen LogP contribution in [0.1, 0.15) is 39.3 Å². The molecule has 5 aromatic rings. The SMILES string of the molecule is COc1c(C(O)COc2ccc(Cc3sc(=O)[nH]c3O)cc2)cccc1N1C(=O)SC(Cc2ccc(OCC(O)c3cccc(Cl)c3)cc2)C1=O. The number of rotatable bonds is 14. The number of benzene rings is 4. The molecule has 0 aliphatic carbocycles. The summed E-state index contributed by atoms with van der Waals surface area (Å²) in [5.74, 6) is 0.656. The monoisotopic (exact) mass is 748 g/mol. The number of aromatic nitrogens is 1. The molecule has 0 radical (unpaired) electrons. The Hall–Kier alpha value is -4.79. The lowest BCUT2D eigenvalue weighted by Gasteiger charge is -2.22. The van der Waals surface area contributed by atoms with Gasteiger partial charge in [0.2, 0.25) is 11.8 Å². The third kappa shape index (κ3) is 8.58. The van der Waals surface area contributed by atoms with Crippen LogP contribution in [0.25, 0.3) is 0 Å². The molecule has 0 spiro atoms. The lowest BCUT2D eigenvalue weighted by molar-refractivity contribution is -0.117. The number of aromatic hydroxyl groups is 1. The van der Waals surface area contributed by atoms with E-state index in [1.54, 1.807) is 78.9 Å². The average molecular weight is 749 g/mol. The van der Waals surface area contributed by atoms with E-state index in [1.807, 2.05) is 12.1 Å². The maximum absolute atomic E-state index is 13.6. The molecule has 2 amide bonds. The molecule has 0 bridgehead atoms. The van der Waals surface area contributed by atoms with Crippen molar-refractivity contribution in [3.63, 3.8) is 0 Å². The number of anilines is 1. The molecule has 1 aliphatic heterocycles. The van der Waals surface area contributed by atoms with Gasteiger partial charge >= 0.3 is 4.87 Å². The average Bonchev–Trinajstić information content (AvgIpc) is 3.60. The highest BCUT2D eigenvalue weighted by Crippen LogP contribution is 2.41. The van der Waals surface area contributed by atoms with Crippen molar-refractivity contribution in [2.45, 2.75) is 30.3 Å². The van der Waals surface area contributed by atoms with E-state index >= 15 is 0 Å². The van der Waals surface area contributed by atoms with Crippen LogP contribution in [-0.4, -0.2) is 57.0 Å². The number of aromatic amines is 1. The molecule has 2 heterocycles. The molecule has 51 heavy (non-hydrogen) atoms. The van der Waals surface area contributed by atoms with Crippen LogP contribution < -0.4 is 24.0 Å². The number of ether oxygens (including phenoxy) is 3. The van der Waals surface area contributed by atoms with Gasteiger partial charge in [0.25, 0.3) is 5.24 Å². The number of thioether (sulfide) groups is 1. The fourth-order valence-corrected chi connectivity index (χ4v) is 7.53. The van der Waals surface area contributed by atoms with Gasteiger partial charge in [-0.15, -0.1) is 0 Å². The Labute approximate surface area is 306 Å². The molecule has 1 aliphatic rings. The summed E-state index contributed by atoms with van der Waals surface area (Å²) in [6.07, 6.45) is -1.35. The van der Waals surface area contributed by atoms with Crippen LogP contribution in [0.15, 0.2) is 95.8 Å². The standard InChI is InChI=1S/C37H33ClN2O9S2/c1-47-33-27(30(42)20-49-26-12-8-21(9-13-26)16-31-34(43)39-36(45)50-31)6-3-7-28(33)40-35(44)32(51-37(40)46)17-22-10-14-25(15-11-22)48-19-29(41)23-4-2-5-24(38)18-23/h2-15,18,29-30,32,41-43H,16-17,19-20H2,1H3,(H,39,45). The highest BCUT2D eigenvalue weighted by Gasteiger charge is 2.42. The third-order valence-electron chi connectivity index (χ3n) is 8.13. The highest BCUT2D eigenvalue weighted by molar-refractivity contribution is 8.15. The van der Waals surface area contributed by atoms with Crippen LogP contribution in [0.3, 0.4) is 0 Å². The zero-order valence-electron chi connectivity index (χ0n) is 27.2. The number of aliphatic hydroxyl groups excluding tert-OH is 2. The summed E-state index contributed by atoms with van der Waals surface area (Å²) < 4.78 is 17.2. The van der Waals surface area contributed by atoms with E-state index in [0.717, 1.165) is 39.1 Å². The van der Waals surface area contributed by atoms with Crippen molar-refractivity contribution in [2.75, 3.05) is 25.2 Å². The molecule has 1 aromatic heterocycles. The predicted molar refractivity (Wildman–Crippen MR) is 196 cm³/mol. The number of carbonyl (C=O) groups excluding carboxylic acids is 2. The summed E-state index contributed by atoms with van der Waals surface area (Å²) in [7, 11) is 1.40. The smallest absolute Gasteiger partial charge is 0.307 e. The number of nitrogens with zero attached hydrogens (tertiary/aromatic N) is 1. The maximum Gasteiger partial charge on any atom is 0.307 e. The van der Waals surface area contributed by atoms with Gasteiger partial charge in [-0.05, 0) is 65.6 Å². The van der Waals surface area contributed by atoms with Crippen molar-refractivity contribution in [3.8, 4) is 23.1 Å². The van der Waals surface area contributed by atoms with Crippen LogP contribution in [-0.2, 0) is 17.6 Å². The van der Waals surface area contributed by atoms with E-state index in [4.69, 9.17) is 25.8 Å². The quantitative estimate of drug-likeness (QED) is 0.0997. The number of amides is 2. The van der Waals surface area contributed by atoms with E-state index in [9.17, 15) is 29.7 Å². The van der Waals surface area contributed by atoms with E-state index in [2.05, 4.69) is 4.98 Å². The number of hydrogen-bond acceptors (Lipinski definition) is 11. The summed E-state index contributed by atoms with van der Waals surface area (Å²) in [5, 5.41) is 30.8.